The molecule has 20 heavy (non-hydrogen) atoms. The van der Waals surface area contributed by atoms with Gasteiger partial charge in [0.2, 0.25) is 5.91 Å². The van der Waals surface area contributed by atoms with Crippen LogP contribution in [0.4, 0.5) is 4.79 Å². The van der Waals surface area contributed by atoms with Gasteiger partial charge in [0, 0.05) is 18.5 Å². The second-order valence-corrected chi connectivity index (χ2v) is 5.92. The van der Waals surface area contributed by atoms with Gasteiger partial charge in [0.1, 0.15) is 5.54 Å². The first kappa shape index (κ1) is 18.2. The number of hydrogen-bond acceptors (Lipinski definition) is 3. The Morgan fingerprint density at radius 3 is 2.00 bits per heavy atom. The van der Waals surface area contributed by atoms with Crippen LogP contribution in [0.25, 0.3) is 0 Å². The van der Waals surface area contributed by atoms with Gasteiger partial charge in [-0.3, -0.25) is 4.79 Å². The highest BCUT2D eigenvalue weighted by molar-refractivity contribution is 5.86. The van der Waals surface area contributed by atoms with Crippen LogP contribution in [0, 0.1) is 0 Å². The quantitative estimate of drug-likeness (QED) is 0.580. The molecule has 0 bridgehead atoms. The van der Waals surface area contributed by atoms with Gasteiger partial charge in [-0.25, -0.2) is 9.59 Å². The Bertz CT molecular complexity index is 376. The maximum atomic E-state index is 11.6. The largest absolute Gasteiger partial charge is 0.480 e. The van der Waals surface area contributed by atoms with Crippen molar-refractivity contribution in [1.82, 2.24) is 16.0 Å². The summed E-state index contributed by atoms with van der Waals surface area (Å²) >= 11 is 0. The van der Waals surface area contributed by atoms with E-state index < -0.39 is 17.5 Å². The summed E-state index contributed by atoms with van der Waals surface area (Å²) in [6, 6.07) is -0.597. The van der Waals surface area contributed by atoms with E-state index in [0.717, 1.165) is 0 Å². The van der Waals surface area contributed by atoms with Crippen LogP contribution in [0.2, 0.25) is 0 Å². The minimum absolute atomic E-state index is 0.139. The number of nitrogens with one attached hydrogen (secondary N) is 3. The zero-order chi connectivity index (χ0) is 16.0. The number of carboxylic acids is 1. The molecule has 0 aliphatic heterocycles. The van der Waals surface area contributed by atoms with E-state index in [1.54, 1.807) is 6.92 Å². The van der Waals surface area contributed by atoms with E-state index in [9.17, 15) is 14.4 Å². The Hall–Kier alpha value is -1.79. The van der Waals surface area contributed by atoms with Gasteiger partial charge < -0.3 is 21.1 Å². The van der Waals surface area contributed by atoms with Crippen molar-refractivity contribution in [1.29, 1.82) is 0 Å². The third kappa shape index (κ3) is 6.96. The molecule has 3 amide bonds. The van der Waals surface area contributed by atoms with Gasteiger partial charge in [0.05, 0.1) is 0 Å². The van der Waals surface area contributed by atoms with Crippen molar-refractivity contribution in [3.05, 3.63) is 0 Å². The molecule has 1 atom stereocenters. The number of rotatable bonds is 6. The summed E-state index contributed by atoms with van der Waals surface area (Å²) in [6.07, 6.45) is 0.404. The first-order valence-electron chi connectivity index (χ1n) is 6.60. The fraction of sp³-hybridized carbons (Fsp3) is 0.769. The van der Waals surface area contributed by atoms with E-state index >= 15 is 0 Å². The van der Waals surface area contributed by atoms with E-state index in [2.05, 4.69) is 16.0 Å². The van der Waals surface area contributed by atoms with E-state index in [1.165, 1.54) is 6.92 Å². The van der Waals surface area contributed by atoms with Gasteiger partial charge in [-0.1, -0.05) is 6.92 Å². The maximum absolute atomic E-state index is 11.6. The average molecular weight is 287 g/mol. The zero-order valence-electron chi connectivity index (χ0n) is 12.8. The summed E-state index contributed by atoms with van der Waals surface area (Å²) in [6.45, 7) is 8.85. The summed E-state index contributed by atoms with van der Waals surface area (Å²) in [5.74, 6) is -1.27. The zero-order valence-corrected chi connectivity index (χ0v) is 12.8. The summed E-state index contributed by atoms with van der Waals surface area (Å²) < 4.78 is 0. The van der Waals surface area contributed by atoms with Crippen LogP contribution in [-0.2, 0) is 9.59 Å². The smallest absolute Gasteiger partial charge is 0.329 e. The third-order valence-electron chi connectivity index (χ3n) is 2.72. The number of urea groups is 1. The second-order valence-electron chi connectivity index (χ2n) is 5.92. The summed E-state index contributed by atoms with van der Waals surface area (Å²) in [7, 11) is 0. The lowest BCUT2D eigenvalue weighted by Crippen LogP contribution is -2.55. The predicted octanol–water partition coefficient (Wildman–Crippen LogP) is 0.844. The molecule has 0 aromatic heterocycles. The molecule has 0 aromatic carbocycles. The molecule has 0 spiro atoms. The van der Waals surface area contributed by atoms with Gasteiger partial charge in [0.25, 0.3) is 0 Å². The molecule has 7 nitrogen and oxygen atoms in total. The molecule has 116 valence electrons. The van der Waals surface area contributed by atoms with Gasteiger partial charge in [0.15, 0.2) is 0 Å². The third-order valence-corrected chi connectivity index (χ3v) is 2.72. The van der Waals surface area contributed by atoms with Crippen LogP contribution in [0.15, 0.2) is 0 Å². The Balaban J connectivity index is 4.13. The van der Waals surface area contributed by atoms with Crippen molar-refractivity contribution in [3.8, 4) is 0 Å². The Labute approximate surface area is 119 Å². The number of hydrogen-bond donors (Lipinski definition) is 4. The van der Waals surface area contributed by atoms with Crippen molar-refractivity contribution in [3.63, 3.8) is 0 Å². The number of carbonyl (C=O) groups is 3. The van der Waals surface area contributed by atoms with Crippen LogP contribution >= 0.6 is 0 Å². The topological polar surface area (TPSA) is 108 Å². The molecule has 0 rings (SSSR count). The van der Waals surface area contributed by atoms with Crippen LogP contribution in [-0.4, -0.2) is 40.6 Å². The summed E-state index contributed by atoms with van der Waals surface area (Å²) in [4.78, 5) is 34.1. The normalized spacial score (nSPS) is 14.1. The molecule has 0 fully saturated rings. The first-order valence-corrected chi connectivity index (χ1v) is 6.60. The molecule has 0 heterocycles. The molecule has 0 aliphatic rings. The fourth-order valence-corrected chi connectivity index (χ4v) is 1.36. The minimum Gasteiger partial charge on any atom is -0.480 e. The Kier molecular flexibility index (Phi) is 6.48. The summed E-state index contributed by atoms with van der Waals surface area (Å²) in [5.41, 5.74) is -1.62. The molecule has 0 radical (unpaired) electrons. The molecule has 0 saturated carbocycles. The van der Waals surface area contributed by atoms with Crippen molar-refractivity contribution < 1.29 is 19.5 Å². The predicted molar refractivity (Wildman–Crippen MR) is 75.4 cm³/mol. The number of aliphatic carboxylic acids is 1. The average Bonchev–Trinajstić information content (AvgIpc) is 2.25. The monoisotopic (exact) mass is 287 g/mol. The SMILES string of the molecule is CCC(C)(NC(=O)NCCC(=O)NC(C)(C)C)C(=O)O. The fourth-order valence-electron chi connectivity index (χ4n) is 1.36. The van der Waals surface area contributed by atoms with Crippen LogP contribution in [0.3, 0.4) is 0 Å². The van der Waals surface area contributed by atoms with Crippen LogP contribution in [0.1, 0.15) is 47.5 Å². The molecule has 7 heteroatoms. The lowest BCUT2D eigenvalue weighted by atomic mass is 10.00. The molecule has 0 saturated heterocycles. The van der Waals surface area contributed by atoms with E-state index in [-0.39, 0.29) is 30.8 Å². The summed E-state index contributed by atoms with van der Waals surface area (Å²) in [5, 5.41) is 16.6. The molecule has 1 unspecified atom stereocenters. The Morgan fingerprint density at radius 1 is 1.05 bits per heavy atom. The van der Waals surface area contributed by atoms with Gasteiger partial charge in [-0.15, -0.1) is 0 Å². The van der Waals surface area contributed by atoms with Crippen molar-refractivity contribution >= 4 is 17.9 Å². The van der Waals surface area contributed by atoms with Crippen LogP contribution in [0.5, 0.6) is 0 Å². The highest BCUT2D eigenvalue weighted by atomic mass is 16.4. The molecular weight excluding hydrogens is 262 g/mol. The number of amides is 3. The number of carbonyl (C=O) groups excluding carboxylic acids is 2. The first-order chi connectivity index (χ1) is 9.00. The lowest BCUT2D eigenvalue weighted by Gasteiger charge is -2.24. The number of carboxylic acid groups (broad SMARTS) is 1. The molecule has 0 aliphatic carbocycles. The van der Waals surface area contributed by atoms with Crippen molar-refractivity contribution in [2.24, 2.45) is 0 Å². The maximum Gasteiger partial charge on any atom is 0.329 e. The van der Waals surface area contributed by atoms with Crippen LogP contribution < -0.4 is 16.0 Å². The molecule has 4 N–H and O–H groups in total. The minimum atomic E-state index is -1.31. The van der Waals surface area contributed by atoms with Gasteiger partial charge in [-0.05, 0) is 34.1 Å². The van der Waals surface area contributed by atoms with E-state index in [4.69, 9.17) is 5.11 Å². The molecular formula is C13H25N3O4. The highest BCUT2D eigenvalue weighted by Crippen LogP contribution is 2.08. The van der Waals surface area contributed by atoms with Crippen molar-refractivity contribution in [2.45, 2.75) is 58.5 Å². The lowest BCUT2D eigenvalue weighted by molar-refractivity contribution is -0.143. The highest BCUT2D eigenvalue weighted by Gasteiger charge is 2.32. The van der Waals surface area contributed by atoms with Gasteiger partial charge >= 0.3 is 12.0 Å². The van der Waals surface area contributed by atoms with E-state index in [1.807, 2.05) is 20.8 Å². The second kappa shape index (κ2) is 7.12. The van der Waals surface area contributed by atoms with Gasteiger partial charge in [-0.2, -0.15) is 0 Å². The van der Waals surface area contributed by atoms with Crippen molar-refractivity contribution in [2.75, 3.05) is 6.54 Å². The van der Waals surface area contributed by atoms with E-state index in [0.29, 0.717) is 0 Å². The standard InChI is InChI=1S/C13H25N3O4/c1-6-13(5,10(18)19)16-11(20)14-8-7-9(17)15-12(2,3)4/h6-8H2,1-5H3,(H,15,17)(H,18,19)(H2,14,16,20). The molecule has 0 aromatic rings. The Morgan fingerprint density at radius 2 is 1.60 bits per heavy atom.